The third kappa shape index (κ3) is 5.75. The van der Waals surface area contributed by atoms with E-state index in [0.717, 1.165) is 5.56 Å². The van der Waals surface area contributed by atoms with Gasteiger partial charge in [-0.25, -0.2) is 4.79 Å². The zero-order valence-electron chi connectivity index (χ0n) is 15.1. The Hall–Kier alpha value is -1.97. The van der Waals surface area contributed by atoms with Crippen molar-refractivity contribution in [2.75, 3.05) is 7.11 Å². The second-order valence-electron chi connectivity index (χ2n) is 5.84. The van der Waals surface area contributed by atoms with E-state index in [1.807, 2.05) is 30.3 Å². The van der Waals surface area contributed by atoms with Crippen molar-refractivity contribution in [2.24, 2.45) is 0 Å². The Balaban J connectivity index is 2.32. The largest absolute Gasteiger partial charge is 0.467 e. The summed E-state index contributed by atoms with van der Waals surface area (Å²) in [6.07, 6.45) is -4.30. The number of halogens is 1. The molecule has 1 heterocycles. The van der Waals surface area contributed by atoms with Crippen molar-refractivity contribution < 1.29 is 38.1 Å². The van der Waals surface area contributed by atoms with E-state index in [-0.39, 0.29) is 6.61 Å². The molecule has 0 aromatic heterocycles. The number of alkyl halides is 1. The SMILES string of the molecule is COC(=O)[C@H]1O[C@H](Br)[C@H](OC(C)=O)[C@@H](OCc2ccccc2)[C@@H]1OC(C)=O. The number of methoxy groups -OCH3 is 1. The van der Waals surface area contributed by atoms with Gasteiger partial charge in [-0.05, 0) is 5.56 Å². The normalized spacial score (nSPS) is 27.5. The Morgan fingerprint density at radius 2 is 1.59 bits per heavy atom. The monoisotopic (exact) mass is 444 g/mol. The van der Waals surface area contributed by atoms with Crippen LogP contribution in [0.2, 0.25) is 0 Å². The third-order valence-electron chi connectivity index (χ3n) is 3.80. The molecule has 0 unspecified atom stereocenters. The van der Waals surface area contributed by atoms with Gasteiger partial charge in [-0.3, -0.25) is 9.59 Å². The van der Waals surface area contributed by atoms with Gasteiger partial charge in [0.1, 0.15) is 6.10 Å². The number of ether oxygens (including phenoxy) is 5. The van der Waals surface area contributed by atoms with E-state index in [1.165, 1.54) is 21.0 Å². The van der Waals surface area contributed by atoms with Crippen LogP contribution < -0.4 is 0 Å². The lowest BCUT2D eigenvalue weighted by Crippen LogP contribution is -2.61. The minimum absolute atomic E-state index is 0.147. The first-order chi connectivity index (χ1) is 12.8. The maximum Gasteiger partial charge on any atom is 0.339 e. The fourth-order valence-electron chi connectivity index (χ4n) is 2.70. The standard InChI is InChI=1S/C18H21BrO8/c1-10(20)25-14-13(24-9-12-7-5-4-6-8-12)15(26-11(2)21)17(19)27-16(14)18(22)23-3/h4-8,13-17H,9H2,1-3H3/t13-,14-,15+,16-,17-/m0/s1. The van der Waals surface area contributed by atoms with E-state index in [1.54, 1.807) is 0 Å². The lowest BCUT2D eigenvalue weighted by Gasteiger charge is -2.42. The lowest BCUT2D eigenvalue weighted by molar-refractivity contribution is -0.237. The van der Waals surface area contributed by atoms with E-state index in [0.29, 0.717) is 0 Å². The second kappa shape index (κ2) is 9.82. The van der Waals surface area contributed by atoms with Gasteiger partial charge in [0, 0.05) is 13.8 Å². The van der Waals surface area contributed by atoms with Crippen LogP contribution in [0.4, 0.5) is 0 Å². The van der Waals surface area contributed by atoms with Crippen molar-refractivity contribution in [1.82, 2.24) is 0 Å². The minimum atomic E-state index is -1.24. The van der Waals surface area contributed by atoms with Gasteiger partial charge >= 0.3 is 17.9 Å². The van der Waals surface area contributed by atoms with Crippen LogP contribution in [0.15, 0.2) is 30.3 Å². The third-order valence-corrected chi connectivity index (χ3v) is 4.54. The van der Waals surface area contributed by atoms with Gasteiger partial charge in [0.05, 0.1) is 13.7 Å². The fraction of sp³-hybridized carbons (Fsp3) is 0.500. The van der Waals surface area contributed by atoms with E-state index >= 15 is 0 Å². The van der Waals surface area contributed by atoms with Crippen LogP contribution in [0.5, 0.6) is 0 Å². The summed E-state index contributed by atoms with van der Waals surface area (Å²) < 4.78 is 26.8. The first-order valence-corrected chi connectivity index (χ1v) is 9.12. The summed E-state index contributed by atoms with van der Waals surface area (Å²) in [6.45, 7) is 2.58. The molecule has 1 aromatic carbocycles. The summed E-state index contributed by atoms with van der Waals surface area (Å²) in [7, 11) is 1.19. The highest BCUT2D eigenvalue weighted by Gasteiger charge is 2.52. The molecule has 0 N–H and O–H groups in total. The van der Waals surface area contributed by atoms with Gasteiger partial charge in [0.2, 0.25) is 0 Å². The highest BCUT2D eigenvalue weighted by molar-refractivity contribution is 9.09. The van der Waals surface area contributed by atoms with Crippen molar-refractivity contribution >= 4 is 33.8 Å². The smallest absolute Gasteiger partial charge is 0.339 e. The summed E-state index contributed by atoms with van der Waals surface area (Å²) in [6, 6.07) is 9.26. The van der Waals surface area contributed by atoms with Crippen LogP contribution in [0, 0.1) is 0 Å². The quantitative estimate of drug-likeness (QED) is 0.371. The Kier molecular flexibility index (Phi) is 7.76. The molecule has 27 heavy (non-hydrogen) atoms. The molecule has 0 amide bonds. The predicted octanol–water partition coefficient (Wildman–Crippen LogP) is 1.73. The van der Waals surface area contributed by atoms with Crippen molar-refractivity contribution in [1.29, 1.82) is 0 Å². The van der Waals surface area contributed by atoms with Crippen molar-refractivity contribution in [3.8, 4) is 0 Å². The van der Waals surface area contributed by atoms with Gasteiger partial charge in [-0.15, -0.1) is 0 Å². The molecule has 8 nitrogen and oxygen atoms in total. The highest BCUT2D eigenvalue weighted by atomic mass is 79.9. The number of hydrogen-bond donors (Lipinski definition) is 0. The number of benzene rings is 1. The zero-order chi connectivity index (χ0) is 20.0. The molecular weight excluding hydrogens is 424 g/mol. The molecule has 5 atom stereocenters. The van der Waals surface area contributed by atoms with Crippen molar-refractivity contribution in [2.45, 2.75) is 49.9 Å². The van der Waals surface area contributed by atoms with Gasteiger partial charge in [-0.1, -0.05) is 46.3 Å². The number of esters is 3. The second-order valence-corrected chi connectivity index (χ2v) is 6.74. The molecule has 9 heteroatoms. The lowest BCUT2D eigenvalue weighted by atomic mass is 9.99. The maximum absolute atomic E-state index is 12.1. The summed E-state index contributed by atoms with van der Waals surface area (Å²) in [5.74, 6) is -1.94. The van der Waals surface area contributed by atoms with Gasteiger partial charge in [-0.2, -0.15) is 0 Å². The molecule has 1 aliphatic heterocycles. The molecule has 0 bridgehead atoms. The van der Waals surface area contributed by atoms with E-state index in [4.69, 9.17) is 23.7 Å². The number of hydrogen-bond acceptors (Lipinski definition) is 8. The minimum Gasteiger partial charge on any atom is -0.467 e. The topological polar surface area (TPSA) is 97.4 Å². The Morgan fingerprint density at radius 3 is 2.15 bits per heavy atom. The molecule has 1 fully saturated rings. The van der Waals surface area contributed by atoms with Crippen molar-refractivity contribution in [3.63, 3.8) is 0 Å². The van der Waals surface area contributed by atoms with Crippen LogP contribution in [0.3, 0.4) is 0 Å². The molecule has 1 saturated heterocycles. The van der Waals surface area contributed by atoms with Crippen LogP contribution in [0.25, 0.3) is 0 Å². The van der Waals surface area contributed by atoms with E-state index in [9.17, 15) is 14.4 Å². The van der Waals surface area contributed by atoms with Crippen molar-refractivity contribution in [3.05, 3.63) is 35.9 Å². The molecule has 0 spiro atoms. The van der Waals surface area contributed by atoms with Gasteiger partial charge in [0.25, 0.3) is 0 Å². The summed E-state index contributed by atoms with van der Waals surface area (Å²) >= 11 is 3.25. The molecular formula is C18H21BrO8. The maximum atomic E-state index is 12.1. The first-order valence-electron chi connectivity index (χ1n) is 8.20. The highest BCUT2D eigenvalue weighted by Crippen LogP contribution is 2.32. The Morgan fingerprint density at radius 1 is 1.00 bits per heavy atom. The summed E-state index contributed by atoms with van der Waals surface area (Å²) in [5.41, 5.74) is 0.855. The van der Waals surface area contributed by atoms with Gasteiger partial charge < -0.3 is 23.7 Å². The molecule has 0 saturated carbocycles. The molecule has 2 rings (SSSR count). The Labute approximate surface area is 165 Å². The molecule has 0 radical (unpaired) electrons. The summed E-state index contributed by atoms with van der Waals surface area (Å²) in [4.78, 5) is 35.2. The Bertz CT molecular complexity index is 665. The number of rotatable bonds is 6. The molecule has 148 valence electrons. The number of carbonyl (C=O) groups is 3. The van der Waals surface area contributed by atoms with Crippen LogP contribution in [0.1, 0.15) is 19.4 Å². The first kappa shape index (κ1) is 21.3. The van der Waals surface area contributed by atoms with E-state index in [2.05, 4.69) is 15.9 Å². The van der Waals surface area contributed by atoms with Crippen LogP contribution >= 0.6 is 15.9 Å². The average molecular weight is 445 g/mol. The van der Waals surface area contributed by atoms with Crippen LogP contribution in [-0.2, 0) is 44.7 Å². The molecule has 1 aliphatic rings. The molecule has 0 aliphatic carbocycles. The van der Waals surface area contributed by atoms with E-state index < -0.39 is 47.3 Å². The fourth-order valence-corrected chi connectivity index (χ4v) is 3.34. The average Bonchev–Trinajstić information content (AvgIpc) is 2.63. The van der Waals surface area contributed by atoms with Crippen LogP contribution in [-0.4, -0.2) is 54.4 Å². The van der Waals surface area contributed by atoms with Gasteiger partial charge in [0.15, 0.2) is 23.3 Å². The zero-order valence-corrected chi connectivity index (χ0v) is 16.7. The predicted molar refractivity (Wildman–Crippen MR) is 95.7 cm³/mol. The molecule has 1 aromatic rings. The summed E-state index contributed by atoms with van der Waals surface area (Å²) in [5, 5.41) is -0.863. The number of carbonyl (C=O) groups excluding carboxylic acids is 3.